The minimum atomic E-state index is -0.310. The van der Waals surface area contributed by atoms with Crippen molar-refractivity contribution >= 4 is 29.3 Å². The number of aromatic nitrogens is 1. The maximum absolute atomic E-state index is 13.2. The molecular weight excluding hydrogens is 538 g/mol. The van der Waals surface area contributed by atoms with Crippen LogP contribution in [0.1, 0.15) is 59.3 Å². The van der Waals surface area contributed by atoms with Gasteiger partial charge in [-0.2, -0.15) is 0 Å². The van der Waals surface area contributed by atoms with Gasteiger partial charge >= 0.3 is 0 Å². The van der Waals surface area contributed by atoms with Crippen molar-refractivity contribution < 1.29 is 19.0 Å². The molecule has 1 saturated carbocycles. The van der Waals surface area contributed by atoms with Crippen LogP contribution in [0.2, 0.25) is 5.02 Å². The molecule has 2 fully saturated rings. The number of hydrogen-bond acceptors (Lipinski definition) is 7. The molecule has 0 spiro atoms. The van der Waals surface area contributed by atoms with Crippen LogP contribution < -0.4 is 20.3 Å². The standard InChI is InChI=1S/C29H38ClN3O5S/c1-16-11-25(39-4)22(29(35)32-16)13-31-28(34)21-12-23(30)27-26(17(21)2)38-24(15-37-27)18-5-7-19(8-6-18)33-10-9-20(14-33)36-3/h11-12,18-20,24H,5-10,13-15H2,1-4H3,(H,31,34)(H,32,35)/t18-,19+,20-,24+/m0/s1. The van der Waals surface area contributed by atoms with Crippen LogP contribution >= 0.6 is 23.4 Å². The van der Waals surface area contributed by atoms with E-state index in [1.165, 1.54) is 11.8 Å². The van der Waals surface area contributed by atoms with Gasteiger partial charge in [0.2, 0.25) is 0 Å². The minimum Gasteiger partial charge on any atom is -0.484 e. The second-order valence-electron chi connectivity index (χ2n) is 10.9. The van der Waals surface area contributed by atoms with Gasteiger partial charge < -0.3 is 24.5 Å². The summed E-state index contributed by atoms with van der Waals surface area (Å²) in [5.74, 6) is 1.13. The van der Waals surface area contributed by atoms with Crippen molar-refractivity contribution in [3.8, 4) is 11.5 Å². The largest absolute Gasteiger partial charge is 0.484 e. The number of methoxy groups -OCH3 is 1. The number of carbonyl (C=O) groups is 1. The molecule has 0 radical (unpaired) electrons. The predicted octanol–water partition coefficient (Wildman–Crippen LogP) is 4.72. The minimum absolute atomic E-state index is 0.0768. The number of ether oxygens (including phenoxy) is 3. The Morgan fingerprint density at radius 3 is 2.67 bits per heavy atom. The molecule has 1 aromatic heterocycles. The second kappa shape index (κ2) is 12.1. The van der Waals surface area contributed by atoms with E-state index in [-0.39, 0.29) is 24.1 Å². The van der Waals surface area contributed by atoms with Crippen LogP contribution in [-0.2, 0) is 11.3 Å². The molecule has 2 aliphatic heterocycles. The molecule has 3 heterocycles. The molecule has 2 atom stereocenters. The number of fused-ring (bicyclic) bond motifs is 1. The Hall–Kier alpha value is -2.20. The summed E-state index contributed by atoms with van der Waals surface area (Å²) >= 11 is 8.04. The summed E-state index contributed by atoms with van der Waals surface area (Å²) in [6.07, 6.45) is 7.76. The molecule has 2 N–H and O–H groups in total. The number of likely N-dealkylation sites (tertiary alicyclic amines) is 1. The lowest BCUT2D eigenvalue weighted by molar-refractivity contribution is 0.0197. The van der Waals surface area contributed by atoms with Gasteiger partial charge in [-0.3, -0.25) is 14.5 Å². The topological polar surface area (TPSA) is 92.9 Å². The number of aromatic amines is 1. The zero-order chi connectivity index (χ0) is 27.7. The molecule has 10 heteroatoms. The number of nitrogens with one attached hydrogen (secondary N) is 2. The Morgan fingerprint density at radius 1 is 1.21 bits per heavy atom. The Balaban J connectivity index is 1.25. The van der Waals surface area contributed by atoms with Crippen LogP contribution in [-0.4, -0.2) is 67.1 Å². The maximum atomic E-state index is 13.2. The lowest BCUT2D eigenvalue weighted by Gasteiger charge is -2.39. The second-order valence-corrected chi connectivity index (χ2v) is 12.1. The highest BCUT2D eigenvalue weighted by Gasteiger charge is 2.37. The number of nitrogens with zero attached hydrogens (tertiary/aromatic N) is 1. The third kappa shape index (κ3) is 5.97. The molecule has 1 amide bonds. The van der Waals surface area contributed by atoms with E-state index in [9.17, 15) is 9.59 Å². The summed E-state index contributed by atoms with van der Waals surface area (Å²) in [6.45, 7) is 6.41. The first-order valence-electron chi connectivity index (χ1n) is 13.7. The van der Waals surface area contributed by atoms with Crippen molar-refractivity contribution in [1.29, 1.82) is 0 Å². The number of benzene rings is 1. The molecule has 0 unspecified atom stereocenters. The van der Waals surface area contributed by atoms with Crippen molar-refractivity contribution in [3.63, 3.8) is 0 Å². The monoisotopic (exact) mass is 575 g/mol. The van der Waals surface area contributed by atoms with Gasteiger partial charge in [0.25, 0.3) is 11.5 Å². The third-order valence-corrected chi connectivity index (χ3v) is 9.60. The number of aryl methyl sites for hydroxylation is 1. The van der Waals surface area contributed by atoms with Gasteiger partial charge in [-0.15, -0.1) is 11.8 Å². The van der Waals surface area contributed by atoms with E-state index in [1.807, 2.05) is 26.2 Å². The Morgan fingerprint density at radius 2 is 1.97 bits per heavy atom. The van der Waals surface area contributed by atoms with Crippen molar-refractivity contribution in [2.45, 2.75) is 75.6 Å². The van der Waals surface area contributed by atoms with Crippen LogP contribution in [0.4, 0.5) is 0 Å². The molecule has 2 aromatic rings. The summed E-state index contributed by atoms with van der Waals surface area (Å²) in [5, 5.41) is 3.25. The van der Waals surface area contributed by atoms with E-state index in [1.54, 1.807) is 13.2 Å². The molecule has 1 aromatic carbocycles. The predicted molar refractivity (Wildman–Crippen MR) is 154 cm³/mol. The van der Waals surface area contributed by atoms with Crippen LogP contribution in [0.3, 0.4) is 0 Å². The van der Waals surface area contributed by atoms with Gasteiger partial charge in [0.1, 0.15) is 12.7 Å². The Bertz CT molecular complexity index is 1280. The van der Waals surface area contributed by atoms with Gasteiger partial charge in [0, 0.05) is 60.1 Å². The molecule has 212 valence electrons. The van der Waals surface area contributed by atoms with Crippen molar-refractivity contribution in [1.82, 2.24) is 15.2 Å². The van der Waals surface area contributed by atoms with Crippen LogP contribution in [0.25, 0.3) is 0 Å². The van der Waals surface area contributed by atoms with Crippen LogP contribution in [0, 0.1) is 19.8 Å². The van der Waals surface area contributed by atoms with E-state index >= 15 is 0 Å². The zero-order valence-corrected chi connectivity index (χ0v) is 24.7. The van der Waals surface area contributed by atoms with Gasteiger partial charge in [0.05, 0.1) is 11.1 Å². The quantitative estimate of drug-likeness (QED) is 0.462. The zero-order valence-electron chi connectivity index (χ0n) is 23.1. The number of halogens is 1. The number of pyridine rings is 1. The fourth-order valence-corrected chi connectivity index (χ4v) is 7.17. The number of thioether (sulfide) groups is 1. The molecule has 5 rings (SSSR count). The van der Waals surface area contributed by atoms with Crippen LogP contribution in [0.15, 0.2) is 21.8 Å². The summed E-state index contributed by atoms with van der Waals surface area (Å²) in [4.78, 5) is 32.0. The number of carbonyl (C=O) groups excluding carboxylic acids is 1. The SMILES string of the molecule is CO[C@H]1CCN([C@H]2CC[C@@H]([C@H]3COc4c(Cl)cc(C(=O)NCc5c(SC)cc(C)[nH]c5=O)c(C)c4O3)CC2)C1. The first kappa shape index (κ1) is 28.3. The molecule has 0 bridgehead atoms. The number of amides is 1. The molecule has 1 saturated heterocycles. The molecule has 1 aliphatic carbocycles. The van der Waals surface area contributed by atoms with E-state index in [0.29, 0.717) is 57.9 Å². The highest BCUT2D eigenvalue weighted by atomic mass is 35.5. The lowest BCUT2D eigenvalue weighted by Crippen LogP contribution is -2.43. The van der Waals surface area contributed by atoms with E-state index in [2.05, 4.69) is 15.2 Å². The first-order valence-corrected chi connectivity index (χ1v) is 15.3. The first-order chi connectivity index (χ1) is 18.8. The maximum Gasteiger partial charge on any atom is 0.254 e. The average molecular weight is 576 g/mol. The Labute approximate surface area is 239 Å². The highest BCUT2D eigenvalue weighted by molar-refractivity contribution is 7.98. The van der Waals surface area contributed by atoms with E-state index in [4.69, 9.17) is 25.8 Å². The highest BCUT2D eigenvalue weighted by Crippen LogP contribution is 2.45. The molecule has 3 aliphatic rings. The van der Waals surface area contributed by atoms with Gasteiger partial charge in [-0.05, 0) is 70.3 Å². The average Bonchev–Trinajstić information content (AvgIpc) is 3.43. The van der Waals surface area contributed by atoms with Gasteiger partial charge in [0.15, 0.2) is 11.5 Å². The number of H-pyrrole nitrogens is 1. The summed E-state index contributed by atoms with van der Waals surface area (Å²) in [7, 11) is 1.80. The Kier molecular flexibility index (Phi) is 8.81. The summed E-state index contributed by atoms with van der Waals surface area (Å²) in [5.41, 5.74) is 2.23. The molecule has 8 nitrogen and oxygen atoms in total. The fourth-order valence-electron chi connectivity index (χ4n) is 6.21. The third-order valence-electron chi connectivity index (χ3n) is 8.51. The fraction of sp³-hybridized carbons (Fsp3) is 0.586. The van der Waals surface area contributed by atoms with Crippen molar-refractivity contribution in [2.24, 2.45) is 5.92 Å². The van der Waals surface area contributed by atoms with Crippen LogP contribution in [0.5, 0.6) is 11.5 Å². The number of hydrogen-bond donors (Lipinski definition) is 2. The summed E-state index contributed by atoms with van der Waals surface area (Å²) in [6, 6.07) is 4.14. The normalized spacial score (nSPS) is 25.1. The molecule has 39 heavy (non-hydrogen) atoms. The van der Waals surface area contributed by atoms with E-state index in [0.717, 1.165) is 55.8 Å². The van der Waals surface area contributed by atoms with Crippen molar-refractivity contribution in [3.05, 3.63) is 49.9 Å². The van der Waals surface area contributed by atoms with E-state index < -0.39 is 0 Å². The number of rotatable bonds is 7. The summed E-state index contributed by atoms with van der Waals surface area (Å²) < 4.78 is 18.2. The lowest BCUT2D eigenvalue weighted by atomic mass is 9.82. The smallest absolute Gasteiger partial charge is 0.254 e. The van der Waals surface area contributed by atoms with Crippen molar-refractivity contribution in [2.75, 3.05) is 33.1 Å². The van der Waals surface area contributed by atoms with Gasteiger partial charge in [-0.1, -0.05) is 11.6 Å². The van der Waals surface area contributed by atoms with Gasteiger partial charge in [-0.25, -0.2) is 0 Å². The molecular formula is C29H38ClN3O5S.